The van der Waals surface area contributed by atoms with Crippen LogP contribution in [0.3, 0.4) is 0 Å². The van der Waals surface area contributed by atoms with Gasteiger partial charge in [-0.25, -0.2) is 0 Å². The summed E-state index contributed by atoms with van der Waals surface area (Å²) in [7, 11) is 0. The SMILES string of the molecule is CCN(CC)CCCN(CC(=O)N(C1CCCCC1)C1CCCCC1)C(=O)c1ccc([N+](=O)[O-])c(C)c1.Cl.O. The molecule has 0 unspecified atom stereocenters. The molecule has 2 aliphatic rings. The van der Waals surface area contributed by atoms with Crippen molar-refractivity contribution in [3.05, 3.63) is 39.4 Å². The Bertz CT molecular complexity index is 897. The number of hydrogen-bond donors (Lipinski definition) is 0. The van der Waals surface area contributed by atoms with Gasteiger partial charge in [0.1, 0.15) is 6.54 Å². The summed E-state index contributed by atoms with van der Waals surface area (Å²) >= 11 is 0. The Kier molecular flexibility index (Phi) is 15.6. The van der Waals surface area contributed by atoms with E-state index >= 15 is 0 Å². The van der Waals surface area contributed by atoms with E-state index in [0.717, 1.165) is 77.4 Å². The molecule has 1 aromatic carbocycles. The zero-order valence-corrected chi connectivity index (χ0v) is 24.8. The van der Waals surface area contributed by atoms with Crippen LogP contribution in [0.15, 0.2) is 18.2 Å². The summed E-state index contributed by atoms with van der Waals surface area (Å²) < 4.78 is 0. The molecule has 0 atom stereocenters. The lowest BCUT2D eigenvalue weighted by atomic mass is 9.88. The summed E-state index contributed by atoms with van der Waals surface area (Å²) in [5.74, 6) is -0.160. The highest BCUT2D eigenvalue weighted by Crippen LogP contribution is 2.30. The number of rotatable bonds is 12. The number of aryl methyl sites for hydroxylation is 1. The number of nitrogens with zero attached hydrogens (tertiary/aromatic N) is 4. The maximum Gasteiger partial charge on any atom is 0.272 e. The van der Waals surface area contributed by atoms with Crippen LogP contribution in [0.4, 0.5) is 5.69 Å². The van der Waals surface area contributed by atoms with Gasteiger partial charge in [0.25, 0.3) is 11.6 Å². The second-order valence-corrected chi connectivity index (χ2v) is 10.8. The van der Waals surface area contributed by atoms with E-state index in [1.165, 1.54) is 25.0 Å². The summed E-state index contributed by atoms with van der Waals surface area (Å²) in [4.78, 5) is 44.6. The second-order valence-electron chi connectivity index (χ2n) is 10.8. The van der Waals surface area contributed by atoms with Crippen molar-refractivity contribution in [2.45, 2.75) is 103 Å². The van der Waals surface area contributed by atoms with Gasteiger partial charge in [-0.15, -0.1) is 12.4 Å². The van der Waals surface area contributed by atoms with E-state index in [1.807, 2.05) is 0 Å². The number of carbonyl (C=O) groups excluding carboxylic acids is 2. The Hall–Kier alpha value is -2.23. The summed E-state index contributed by atoms with van der Waals surface area (Å²) in [5.41, 5.74) is 0.860. The molecule has 0 aliphatic heterocycles. The normalized spacial score (nSPS) is 16.2. The first kappa shape index (κ1) is 34.8. The maximum absolute atomic E-state index is 13.9. The molecule has 2 fully saturated rings. The summed E-state index contributed by atoms with van der Waals surface area (Å²) in [6.45, 7) is 9.21. The van der Waals surface area contributed by atoms with Crippen LogP contribution in [-0.2, 0) is 4.79 Å². The number of nitro benzene ring substituents is 1. The smallest absolute Gasteiger partial charge is 0.272 e. The molecule has 9 nitrogen and oxygen atoms in total. The van der Waals surface area contributed by atoms with Crippen molar-refractivity contribution < 1.29 is 20.0 Å². The molecule has 0 spiro atoms. The van der Waals surface area contributed by atoms with Crippen LogP contribution in [0.5, 0.6) is 0 Å². The van der Waals surface area contributed by atoms with Gasteiger partial charge < -0.3 is 20.2 Å². The van der Waals surface area contributed by atoms with Gasteiger partial charge in [0, 0.05) is 35.8 Å². The number of hydrogen-bond acceptors (Lipinski definition) is 5. The van der Waals surface area contributed by atoms with Gasteiger partial charge in [-0.05, 0) is 70.8 Å². The van der Waals surface area contributed by atoms with Gasteiger partial charge in [-0.1, -0.05) is 52.4 Å². The Morgan fingerprint density at radius 3 is 1.92 bits per heavy atom. The number of nitro groups is 1. The summed E-state index contributed by atoms with van der Waals surface area (Å²) in [6.07, 6.45) is 12.1. The molecule has 3 rings (SSSR count). The quantitative estimate of drug-likeness (QED) is 0.254. The first-order valence-corrected chi connectivity index (χ1v) is 14.4. The second kappa shape index (κ2) is 17.5. The minimum atomic E-state index is -0.429. The first-order chi connectivity index (χ1) is 17.8. The number of benzene rings is 1. The molecular formula is C29H49ClN4O5. The summed E-state index contributed by atoms with van der Waals surface area (Å²) in [5, 5.41) is 11.3. The fourth-order valence-electron chi connectivity index (χ4n) is 6.12. The minimum Gasteiger partial charge on any atom is -0.412 e. The lowest BCUT2D eigenvalue weighted by Crippen LogP contribution is -2.53. The van der Waals surface area contributed by atoms with E-state index in [9.17, 15) is 19.7 Å². The highest BCUT2D eigenvalue weighted by Gasteiger charge is 2.34. The van der Waals surface area contributed by atoms with Crippen LogP contribution in [0.1, 0.15) is 100 Å². The number of amides is 2. The molecule has 2 N–H and O–H groups in total. The van der Waals surface area contributed by atoms with Crippen LogP contribution < -0.4 is 0 Å². The molecule has 0 bridgehead atoms. The maximum atomic E-state index is 13.9. The van der Waals surface area contributed by atoms with E-state index in [4.69, 9.17) is 0 Å². The standard InChI is InChI=1S/C29H46N4O4.ClH.H2O/c1-4-30(5-2)19-12-20-31(29(35)24-17-18-27(33(36)37)23(3)21-24)22-28(34)32(25-13-8-6-9-14-25)26-15-10-7-11-16-26;;/h17-18,21,25-26H,4-16,19-20,22H2,1-3H3;1H;1H2. The Morgan fingerprint density at radius 1 is 0.923 bits per heavy atom. The molecular weight excluding hydrogens is 520 g/mol. The van der Waals surface area contributed by atoms with Crippen molar-refractivity contribution in [2.75, 3.05) is 32.7 Å². The molecule has 0 saturated heterocycles. The van der Waals surface area contributed by atoms with Crippen LogP contribution in [0, 0.1) is 17.0 Å². The average Bonchev–Trinajstić information content (AvgIpc) is 2.91. The Balaban J connectivity index is 0.00000380. The monoisotopic (exact) mass is 568 g/mol. The van der Waals surface area contributed by atoms with Gasteiger partial charge in [0.2, 0.25) is 5.91 Å². The van der Waals surface area contributed by atoms with Crippen molar-refractivity contribution >= 4 is 29.9 Å². The largest absolute Gasteiger partial charge is 0.412 e. The predicted octanol–water partition coefficient (Wildman–Crippen LogP) is 5.17. The molecule has 2 aliphatic carbocycles. The van der Waals surface area contributed by atoms with E-state index in [1.54, 1.807) is 17.9 Å². The number of carbonyl (C=O) groups is 2. The zero-order valence-electron chi connectivity index (χ0n) is 24.0. The lowest BCUT2D eigenvalue weighted by Gasteiger charge is -2.42. The highest BCUT2D eigenvalue weighted by molar-refractivity contribution is 5.97. The van der Waals surface area contributed by atoms with Crippen molar-refractivity contribution in [3.63, 3.8) is 0 Å². The molecule has 222 valence electrons. The van der Waals surface area contributed by atoms with Crippen LogP contribution >= 0.6 is 12.4 Å². The molecule has 0 radical (unpaired) electrons. The third-order valence-corrected chi connectivity index (χ3v) is 8.27. The van der Waals surface area contributed by atoms with Crippen LogP contribution in [-0.4, -0.2) is 81.7 Å². The van der Waals surface area contributed by atoms with Gasteiger partial charge in [-0.3, -0.25) is 19.7 Å². The predicted molar refractivity (Wildman–Crippen MR) is 158 cm³/mol. The Labute approximate surface area is 240 Å². The third-order valence-electron chi connectivity index (χ3n) is 8.27. The molecule has 1 aromatic rings. The lowest BCUT2D eigenvalue weighted by molar-refractivity contribution is -0.385. The van der Waals surface area contributed by atoms with Crippen LogP contribution in [0.25, 0.3) is 0 Å². The van der Waals surface area contributed by atoms with Gasteiger partial charge in [-0.2, -0.15) is 0 Å². The Morgan fingerprint density at radius 2 is 1.46 bits per heavy atom. The van der Waals surface area contributed by atoms with Gasteiger partial charge in [0.15, 0.2) is 0 Å². The van der Waals surface area contributed by atoms with Crippen molar-refractivity contribution in [1.82, 2.24) is 14.7 Å². The third kappa shape index (κ3) is 9.72. The first-order valence-electron chi connectivity index (χ1n) is 14.4. The van der Waals surface area contributed by atoms with E-state index in [-0.39, 0.29) is 54.0 Å². The fourth-order valence-corrected chi connectivity index (χ4v) is 6.12. The average molecular weight is 569 g/mol. The van der Waals surface area contributed by atoms with E-state index < -0.39 is 4.92 Å². The molecule has 2 saturated carbocycles. The van der Waals surface area contributed by atoms with Crippen molar-refractivity contribution in [2.24, 2.45) is 0 Å². The highest BCUT2D eigenvalue weighted by atomic mass is 35.5. The fraction of sp³-hybridized carbons (Fsp3) is 0.724. The molecule has 2 amide bonds. The van der Waals surface area contributed by atoms with Crippen LogP contribution in [0.2, 0.25) is 0 Å². The van der Waals surface area contributed by atoms with E-state index in [0.29, 0.717) is 17.7 Å². The van der Waals surface area contributed by atoms with Gasteiger partial charge >= 0.3 is 0 Å². The molecule has 0 aromatic heterocycles. The minimum absolute atomic E-state index is 0. The molecule has 0 heterocycles. The summed E-state index contributed by atoms with van der Waals surface area (Å²) in [6, 6.07) is 5.06. The van der Waals surface area contributed by atoms with Crippen molar-refractivity contribution in [1.29, 1.82) is 0 Å². The topological polar surface area (TPSA) is 118 Å². The molecule has 10 heteroatoms. The van der Waals surface area contributed by atoms with Crippen molar-refractivity contribution in [3.8, 4) is 0 Å². The number of halogens is 1. The zero-order chi connectivity index (χ0) is 26.8. The van der Waals surface area contributed by atoms with Gasteiger partial charge in [0.05, 0.1) is 4.92 Å². The molecule has 39 heavy (non-hydrogen) atoms. The van der Waals surface area contributed by atoms with E-state index in [2.05, 4.69) is 23.6 Å².